The van der Waals surface area contributed by atoms with Crippen molar-refractivity contribution in [2.75, 3.05) is 0 Å². The Kier molecular flexibility index (Phi) is 5.31. The smallest absolute Gasteiger partial charge is 0.0658 e. The predicted molar refractivity (Wildman–Crippen MR) is 94.3 cm³/mol. The normalized spacial score (nSPS) is 38.1. The first-order chi connectivity index (χ1) is 10.2. The third-order valence-electron chi connectivity index (χ3n) is 7.19. The van der Waals surface area contributed by atoms with E-state index in [1.165, 1.54) is 38.5 Å². The molecule has 6 atom stereocenters. The molecule has 0 radical (unpaired) electrons. The highest BCUT2D eigenvalue weighted by Crippen LogP contribution is 2.60. The van der Waals surface area contributed by atoms with Crippen LogP contribution in [-0.2, 0) is 0 Å². The van der Waals surface area contributed by atoms with E-state index in [9.17, 15) is 5.26 Å². The highest BCUT2D eigenvalue weighted by atomic mass is 14.6. The molecule has 0 spiro atoms. The third kappa shape index (κ3) is 3.52. The Morgan fingerprint density at radius 2 is 1.91 bits per heavy atom. The third-order valence-corrected chi connectivity index (χ3v) is 7.19. The zero-order valence-electron chi connectivity index (χ0n) is 15.8. The van der Waals surface area contributed by atoms with Gasteiger partial charge in [-0.1, -0.05) is 54.4 Å². The second-order valence-electron chi connectivity index (χ2n) is 9.86. The first-order valence-electron chi connectivity index (χ1n) is 9.58. The van der Waals surface area contributed by atoms with Crippen LogP contribution in [0.4, 0.5) is 0 Å². The predicted octanol–water partition coefficient (Wildman–Crippen LogP) is 6.44. The second kappa shape index (κ2) is 6.54. The Bertz CT molecular complexity index is 413. The van der Waals surface area contributed by atoms with E-state index in [-0.39, 0.29) is 5.92 Å². The van der Waals surface area contributed by atoms with Crippen LogP contribution in [0.15, 0.2) is 0 Å². The van der Waals surface area contributed by atoms with Gasteiger partial charge >= 0.3 is 0 Å². The first-order valence-corrected chi connectivity index (χ1v) is 9.58. The summed E-state index contributed by atoms with van der Waals surface area (Å²) in [6, 6.07) is 2.68. The van der Waals surface area contributed by atoms with Gasteiger partial charge in [-0.2, -0.15) is 5.26 Å². The topological polar surface area (TPSA) is 23.8 Å². The molecule has 0 aromatic rings. The highest BCUT2D eigenvalue weighted by molar-refractivity contribution is 5.03. The summed E-state index contributed by atoms with van der Waals surface area (Å²) in [6.07, 6.45) is 9.23. The molecular weight excluding hydrogens is 266 g/mol. The number of hydrogen-bond donors (Lipinski definition) is 0. The summed E-state index contributed by atoms with van der Waals surface area (Å²) in [4.78, 5) is 0. The minimum atomic E-state index is 0.247. The monoisotopic (exact) mass is 303 g/mol. The van der Waals surface area contributed by atoms with Crippen LogP contribution in [0.25, 0.3) is 0 Å². The van der Waals surface area contributed by atoms with Crippen molar-refractivity contribution in [3.8, 4) is 6.07 Å². The molecule has 0 aliphatic heterocycles. The fraction of sp³-hybridized carbons (Fsp3) is 0.952. The van der Waals surface area contributed by atoms with Crippen molar-refractivity contribution in [1.82, 2.24) is 0 Å². The molecule has 1 nitrogen and oxygen atoms in total. The Balaban J connectivity index is 2.08. The summed E-state index contributed by atoms with van der Waals surface area (Å²) >= 11 is 0. The van der Waals surface area contributed by atoms with E-state index in [1.807, 2.05) is 0 Å². The quantitative estimate of drug-likeness (QED) is 0.586. The Morgan fingerprint density at radius 1 is 1.23 bits per heavy atom. The van der Waals surface area contributed by atoms with Gasteiger partial charge in [-0.3, -0.25) is 0 Å². The molecule has 0 heterocycles. The second-order valence-corrected chi connectivity index (χ2v) is 9.86. The van der Waals surface area contributed by atoms with Crippen molar-refractivity contribution in [3.63, 3.8) is 0 Å². The Hall–Kier alpha value is -0.510. The molecule has 22 heavy (non-hydrogen) atoms. The average molecular weight is 304 g/mol. The van der Waals surface area contributed by atoms with Crippen molar-refractivity contribution < 1.29 is 0 Å². The molecule has 2 fully saturated rings. The van der Waals surface area contributed by atoms with Crippen LogP contribution in [0, 0.1) is 51.8 Å². The SMILES string of the molecule is C[C@H](C(C#N)CCC(C)(C)C)C1CCC2[C@@H](C)CCC[C@]12C. The molecule has 0 aromatic carbocycles. The summed E-state index contributed by atoms with van der Waals surface area (Å²) in [5.41, 5.74) is 0.851. The van der Waals surface area contributed by atoms with Gasteiger partial charge in [-0.15, -0.1) is 0 Å². The van der Waals surface area contributed by atoms with Gasteiger partial charge in [0.15, 0.2) is 0 Å². The van der Waals surface area contributed by atoms with Crippen LogP contribution < -0.4 is 0 Å². The van der Waals surface area contributed by atoms with Crippen molar-refractivity contribution in [2.24, 2.45) is 40.4 Å². The summed E-state index contributed by atoms with van der Waals surface area (Å²) in [5.74, 6) is 3.39. The maximum absolute atomic E-state index is 9.74. The molecule has 0 saturated heterocycles. The number of nitrogens with zero attached hydrogens (tertiary/aromatic N) is 1. The van der Waals surface area contributed by atoms with Gasteiger partial charge in [0.25, 0.3) is 0 Å². The van der Waals surface area contributed by atoms with Crippen LogP contribution in [0.5, 0.6) is 0 Å². The van der Waals surface area contributed by atoms with Crippen LogP contribution >= 0.6 is 0 Å². The minimum absolute atomic E-state index is 0.247. The Morgan fingerprint density at radius 3 is 2.50 bits per heavy atom. The fourth-order valence-corrected chi connectivity index (χ4v) is 5.78. The van der Waals surface area contributed by atoms with Crippen LogP contribution in [0.1, 0.15) is 86.5 Å². The lowest BCUT2D eigenvalue weighted by molar-refractivity contribution is 0.0269. The molecule has 2 aliphatic carbocycles. The number of fused-ring (bicyclic) bond motifs is 1. The summed E-state index contributed by atoms with van der Waals surface area (Å²) in [6.45, 7) is 14.3. The maximum atomic E-state index is 9.74. The van der Waals surface area contributed by atoms with Crippen molar-refractivity contribution >= 4 is 0 Å². The molecule has 1 heteroatoms. The largest absolute Gasteiger partial charge is 0.198 e. The molecule has 2 aliphatic rings. The van der Waals surface area contributed by atoms with Gasteiger partial charge < -0.3 is 0 Å². The van der Waals surface area contributed by atoms with E-state index in [0.717, 1.165) is 24.2 Å². The lowest BCUT2D eigenvalue weighted by atomic mass is 9.58. The van der Waals surface area contributed by atoms with E-state index in [2.05, 4.69) is 47.6 Å². The first kappa shape index (κ1) is 17.8. The molecule has 2 rings (SSSR count). The minimum Gasteiger partial charge on any atom is -0.198 e. The molecule has 3 unspecified atom stereocenters. The van der Waals surface area contributed by atoms with Gasteiger partial charge in [0.2, 0.25) is 0 Å². The Labute approximate surface area is 138 Å². The van der Waals surface area contributed by atoms with E-state index < -0.39 is 0 Å². The number of nitriles is 1. The van der Waals surface area contributed by atoms with Crippen LogP contribution in [0.2, 0.25) is 0 Å². The van der Waals surface area contributed by atoms with E-state index in [1.54, 1.807) is 0 Å². The maximum Gasteiger partial charge on any atom is 0.0658 e. The number of hydrogen-bond acceptors (Lipinski definition) is 1. The summed E-state index contributed by atoms with van der Waals surface area (Å²) in [5, 5.41) is 9.74. The van der Waals surface area contributed by atoms with Crippen LogP contribution in [0.3, 0.4) is 0 Å². The summed E-state index contributed by atoms with van der Waals surface area (Å²) < 4.78 is 0. The van der Waals surface area contributed by atoms with Gasteiger partial charge in [0.1, 0.15) is 0 Å². The molecule has 2 saturated carbocycles. The van der Waals surface area contributed by atoms with E-state index in [4.69, 9.17) is 0 Å². The average Bonchev–Trinajstić information content (AvgIpc) is 2.76. The number of rotatable bonds is 4. The van der Waals surface area contributed by atoms with Gasteiger partial charge in [0, 0.05) is 5.92 Å². The van der Waals surface area contributed by atoms with Crippen LogP contribution in [-0.4, -0.2) is 0 Å². The highest BCUT2D eigenvalue weighted by Gasteiger charge is 2.52. The molecule has 0 aromatic heterocycles. The van der Waals surface area contributed by atoms with E-state index >= 15 is 0 Å². The zero-order valence-corrected chi connectivity index (χ0v) is 15.8. The molecule has 0 amide bonds. The van der Waals surface area contributed by atoms with E-state index in [0.29, 0.717) is 16.7 Å². The standard InChI is InChI=1S/C21H37N/c1-15-8-7-12-21(6)18(15)9-10-19(21)16(2)17(14-22)11-13-20(3,4)5/h15-19H,7-13H2,1-6H3/t15-,16+,17?,18?,19?,21-/m0/s1. The molecular formula is C21H37N. The lowest BCUT2D eigenvalue weighted by Gasteiger charge is -2.46. The molecule has 0 bridgehead atoms. The summed E-state index contributed by atoms with van der Waals surface area (Å²) in [7, 11) is 0. The lowest BCUT2D eigenvalue weighted by Crippen LogP contribution is -2.39. The van der Waals surface area contributed by atoms with Crippen molar-refractivity contribution in [3.05, 3.63) is 0 Å². The van der Waals surface area contributed by atoms with Gasteiger partial charge in [-0.25, -0.2) is 0 Å². The zero-order chi connectivity index (χ0) is 16.5. The van der Waals surface area contributed by atoms with Crippen molar-refractivity contribution in [2.45, 2.75) is 86.5 Å². The molecule has 126 valence electrons. The molecule has 0 N–H and O–H groups in total. The fourth-order valence-electron chi connectivity index (χ4n) is 5.78. The van der Waals surface area contributed by atoms with Crippen molar-refractivity contribution in [1.29, 1.82) is 5.26 Å². The van der Waals surface area contributed by atoms with Gasteiger partial charge in [0.05, 0.1) is 6.07 Å². The van der Waals surface area contributed by atoms with Gasteiger partial charge in [-0.05, 0) is 66.6 Å².